The zero-order chi connectivity index (χ0) is 6.53. The normalized spacial score (nSPS) is 27.0. The molecule has 1 aliphatic heterocycles. The predicted octanol–water partition coefficient (Wildman–Crippen LogP) is 1.49. The molecular weight excluding hydrogens is 130 g/mol. The molecule has 1 saturated heterocycles. The van der Waals surface area contributed by atoms with Crippen molar-refractivity contribution in [2.24, 2.45) is 0 Å². The van der Waals surface area contributed by atoms with Crippen molar-refractivity contribution in [2.75, 3.05) is 18.1 Å². The van der Waals surface area contributed by atoms with E-state index in [1.165, 1.54) is 30.9 Å². The van der Waals surface area contributed by atoms with Crippen LogP contribution in [0.2, 0.25) is 0 Å². The standard InChI is InChI=1S/C7H15NS/c1-2-4-8-7-3-5-9-6-7/h7-8H,2-6H2,1H3. The molecule has 0 aromatic rings. The van der Waals surface area contributed by atoms with E-state index < -0.39 is 0 Å². The third-order valence-corrected chi connectivity index (χ3v) is 2.78. The van der Waals surface area contributed by atoms with Gasteiger partial charge in [0.15, 0.2) is 0 Å². The molecule has 0 saturated carbocycles. The lowest BCUT2D eigenvalue weighted by atomic mass is 10.2. The van der Waals surface area contributed by atoms with Gasteiger partial charge in [-0.2, -0.15) is 11.8 Å². The van der Waals surface area contributed by atoms with Gasteiger partial charge in [0.05, 0.1) is 0 Å². The highest BCUT2D eigenvalue weighted by atomic mass is 32.2. The molecule has 2 heteroatoms. The van der Waals surface area contributed by atoms with E-state index in [1.807, 2.05) is 0 Å². The van der Waals surface area contributed by atoms with E-state index in [4.69, 9.17) is 0 Å². The summed E-state index contributed by atoms with van der Waals surface area (Å²) in [6, 6.07) is 0.829. The van der Waals surface area contributed by atoms with Crippen LogP contribution < -0.4 is 5.32 Å². The molecule has 1 unspecified atom stereocenters. The molecule has 1 heterocycles. The van der Waals surface area contributed by atoms with Crippen molar-refractivity contribution in [3.8, 4) is 0 Å². The summed E-state index contributed by atoms with van der Waals surface area (Å²) in [5, 5.41) is 3.51. The highest BCUT2D eigenvalue weighted by Gasteiger charge is 2.12. The van der Waals surface area contributed by atoms with Crippen LogP contribution in [-0.4, -0.2) is 24.1 Å². The fraction of sp³-hybridized carbons (Fsp3) is 1.00. The zero-order valence-electron chi connectivity index (χ0n) is 6.02. The first kappa shape index (κ1) is 7.42. The van der Waals surface area contributed by atoms with Crippen LogP contribution in [0.25, 0.3) is 0 Å². The Labute approximate surface area is 61.6 Å². The van der Waals surface area contributed by atoms with Gasteiger partial charge in [-0.15, -0.1) is 0 Å². The SMILES string of the molecule is CCCNC1CCSC1. The first-order valence-electron chi connectivity index (χ1n) is 3.74. The van der Waals surface area contributed by atoms with E-state index in [-0.39, 0.29) is 0 Å². The van der Waals surface area contributed by atoms with E-state index in [2.05, 4.69) is 24.0 Å². The van der Waals surface area contributed by atoms with Crippen molar-refractivity contribution < 1.29 is 0 Å². The van der Waals surface area contributed by atoms with Crippen molar-refractivity contribution in [1.82, 2.24) is 5.32 Å². The van der Waals surface area contributed by atoms with Gasteiger partial charge in [0.1, 0.15) is 0 Å². The van der Waals surface area contributed by atoms with Gasteiger partial charge >= 0.3 is 0 Å². The number of hydrogen-bond donors (Lipinski definition) is 1. The van der Waals surface area contributed by atoms with Crippen LogP contribution in [-0.2, 0) is 0 Å². The summed E-state index contributed by atoms with van der Waals surface area (Å²) in [7, 11) is 0. The van der Waals surface area contributed by atoms with Crippen molar-refractivity contribution in [3.63, 3.8) is 0 Å². The second kappa shape index (κ2) is 4.18. The Morgan fingerprint density at radius 1 is 1.67 bits per heavy atom. The molecule has 54 valence electrons. The van der Waals surface area contributed by atoms with Crippen LogP contribution in [0.3, 0.4) is 0 Å². The highest BCUT2D eigenvalue weighted by Crippen LogP contribution is 2.16. The zero-order valence-corrected chi connectivity index (χ0v) is 6.84. The molecule has 0 aromatic carbocycles. The minimum atomic E-state index is 0.829. The van der Waals surface area contributed by atoms with Crippen molar-refractivity contribution in [1.29, 1.82) is 0 Å². The fourth-order valence-electron chi connectivity index (χ4n) is 1.04. The molecule has 0 bridgehead atoms. The first-order valence-corrected chi connectivity index (χ1v) is 4.90. The van der Waals surface area contributed by atoms with Gasteiger partial charge in [0.25, 0.3) is 0 Å². The van der Waals surface area contributed by atoms with Gasteiger partial charge in [-0.3, -0.25) is 0 Å². The Morgan fingerprint density at radius 3 is 3.11 bits per heavy atom. The molecule has 0 radical (unpaired) electrons. The molecule has 9 heavy (non-hydrogen) atoms. The molecular formula is C7H15NS. The molecule has 1 atom stereocenters. The third kappa shape index (κ3) is 2.59. The molecule has 1 fully saturated rings. The van der Waals surface area contributed by atoms with Crippen molar-refractivity contribution in [2.45, 2.75) is 25.8 Å². The number of nitrogens with one attached hydrogen (secondary N) is 1. The minimum Gasteiger partial charge on any atom is -0.313 e. The van der Waals surface area contributed by atoms with Crippen LogP contribution in [0, 0.1) is 0 Å². The average Bonchev–Trinajstić information content (AvgIpc) is 2.34. The van der Waals surface area contributed by atoms with E-state index in [0.717, 1.165) is 6.04 Å². The van der Waals surface area contributed by atoms with Gasteiger partial charge in [-0.1, -0.05) is 6.92 Å². The van der Waals surface area contributed by atoms with Crippen LogP contribution in [0.15, 0.2) is 0 Å². The Bertz CT molecular complexity index is 69.3. The smallest absolute Gasteiger partial charge is 0.0166 e. The molecule has 1 N–H and O–H groups in total. The summed E-state index contributed by atoms with van der Waals surface area (Å²) in [6.45, 7) is 3.42. The van der Waals surface area contributed by atoms with Gasteiger partial charge in [-0.25, -0.2) is 0 Å². The number of hydrogen-bond acceptors (Lipinski definition) is 2. The van der Waals surface area contributed by atoms with E-state index in [9.17, 15) is 0 Å². The van der Waals surface area contributed by atoms with Crippen molar-refractivity contribution >= 4 is 11.8 Å². The molecule has 0 aliphatic carbocycles. The van der Waals surface area contributed by atoms with Crippen LogP contribution in [0.1, 0.15) is 19.8 Å². The maximum Gasteiger partial charge on any atom is 0.0166 e. The molecule has 0 aromatic heterocycles. The second-order valence-corrected chi connectivity index (χ2v) is 3.66. The highest BCUT2D eigenvalue weighted by molar-refractivity contribution is 7.99. The first-order chi connectivity index (χ1) is 4.43. The Hall–Kier alpha value is 0.310. The fourth-order valence-corrected chi connectivity index (χ4v) is 2.23. The molecule has 1 nitrogen and oxygen atoms in total. The lowest BCUT2D eigenvalue weighted by Gasteiger charge is -2.08. The summed E-state index contributed by atoms with van der Waals surface area (Å²) in [4.78, 5) is 0. The number of rotatable bonds is 3. The molecule has 0 amide bonds. The lowest BCUT2D eigenvalue weighted by molar-refractivity contribution is 0.555. The maximum absolute atomic E-state index is 3.51. The summed E-state index contributed by atoms with van der Waals surface area (Å²) < 4.78 is 0. The van der Waals surface area contributed by atoms with E-state index >= 15 is 0 Å². The lowest BCUT2D eigenvalue weighted by Crippen LogP contribution is -2.28. The van der Waals surface area contributed by atoms with E-state index in [1.54, 1.807) is 0 Å². The Kier molecular flexibility index (Phi) is 3.44. The average molecular weight is 145 g/mol. The van der Waals surface area contributed by atoms with Crippen LogP contribution in [0.4, 0.5) is 0 Å². The predicted molar refractivity (Wildman–Crippen MR) is 44.0 cm³/mol. The summed E-state index contributed by atoms with van der Waals surface area (Å²) in [5.41, 5.74) is 0. The Morgan fingerprint density at radius 2 is 2.56 bits per heavy atom. The monoisotopic (exact) mass is 145 g/mol. The maximum atomic E-state index is 3.51. The second-order valence-electron chi connectivity index (χ2n) is 2.51. The summed E-state index contributed by atoms with van der Waals surface area (Å²) in [6.07, 6.45) is 2.64. The van der Waals surface area contributed by atoms with Gasteiger partial charge in [-0.05, 0) is 25.1 Å². The van der Waals surface area contributed by atoms with Gasteiger partial charge in [0.2, 0.25) is 0 Å². The quantitative estimate of drug-likeness (QED) is 0.646. The molecule has 1 rings (SSSR count). The van der Waals surface area contributed by atoms with Crippen molar-refractivity contribution in [3.05, 3.63) is 0 Å². The van der Waals surface area contributed by atoms with Gasteiger partial charge in [0, 0.05) is 11.8 Å². The Balaban J connectivity index is 1.98. The largest absolute Gasteiger partial charge is 0.313 e. The topological polar surface area (TPSA) is 12.0 Å². The van der Waals surface area contributed by atoms with Crippen LogP contribution >= 0.6 is 11.8 Å². The summed E-state index contributed by atoms with van der Waals surface area (Å²) in [5.74, 6) is 2.70. The van der Waals surface area contributed by atoms with Gasteiger partial charge < -0.3 is 5.32 Å². The third-order valence-electron chi connectivity index (χ3n) is 1.61. The molecule has 0 spiro atoms. The molecule has 1 aliphatic rings. The van der Waals surface area contributed by atoms with Crippen LogP contribution in [0.5, 0.6) is 0 Å². The number of thioether (sulfide) groups is 1. The minimum absolute atomic E-state index is 0.829. The summed E-state index contributed by atoms with van der Waals surface area (Å²) >= 11 is 2.07. The van der Waals surface area contributed by atoms with E-state index in [0.29, 0.717) is 0 Å².